The molecule has 5 nitrogen and oxygen atoms in total. The molecule has 1 aliphatic rings. The van der Waals surface area contributed by atoms with Gasteiger partial charge in [0.25, 0.3) is 0 Å². The number of amides is 1. The van der Waals surface area contributed by atoms with Crippen LogP contribution in [0.5, 0.6) is 0 Å². The predicted octanol–water partition coefficient (Wildman–Crippen LogP) is 0.299. The molecule has 108 valence electrons. The summed E-state index contributed by atoms with van der Waals surface area (Å²) in [5.74, 6) is 0.695. The van der Waals surface area contributed by atoms with Gasteiger partial charge in [0.2, 0.25) is 5.91 Å². The van der Waals surface area contributed by atoms with Crippen LogP contribution >= 0.6 is 12.4 Å². The molecule has 0 bridgehead atoms. The van der Waals surface area contributed by atoms with Gasteiger partial charge in [-0.1, -0.05) is 0 Å². The van der Waals surface area contributed by atoms with Crippen LogP contribution in [0.25, 0.3) is 0 Å². The van der Waals surface area contributed by atoms with Crippen molar-refractivity contribution in [2.45, 2.75) is 25.8 Å². The summed E-state index contributed by atoms with van der Waals surface area (Å²) in [5, 5.41) is 3.11. The van der Waals surface area contributed by atoms with Gasteiger partial charge in [-0.2, -0.15) is 0 Å². The molecule has 0 saturated heterocycles. The number of rotatable bonds is 7. The molecule has 1 amide bonds. The molecule has 1 fully saturated rings. The summed E-state index contributed by atoms with van der Waals surface area (Å²) in [6.07, 6.45) is 3.69. The minimum Gasteiger partial charge on any atom is -0.341 e. The van der Waals surface area contributed by atoms with Crippen LogP contribution in [0.4, 0.5) is 0 Å². The van der Waals surface area contributed by atoms with E-state index in [1.54, 1.807) is 14.0 Å². The van der Waals surface area contributed by atoms with Gasteiger partial charge in [0, 0.05) is 19.3 Å². The van der Waals surface area contributed by atoms with E-state index in [1.165, 1.54) is 24.0 Å². The molecule has 1 aliphatic carbocycles. The van der Waals surface area contributed by atoms with Crippen molar-refractivity contribution in [1.29, 1.82) is 0 Å². The Hall–Kier alpha value is -0.330. The number of carbonyl (C=O) groups excluding carboxylic acids is 1. The first-order valence-corrected chi connectivity index (χ1v) is 7.99. The van der Waals surface area contributed by atoms with Crippen LogP contribution in [0.3, 0.4) is 0 Å². The Morgan fingerprint density at radius 3 is 2.44 bits per heavy atom. The molecular formula is C11H23ClN2O3S. The van der Waals surface area contributed by atoms with E-state index in [9.17, 15) is 13.2 Å². The number of hydrogen-bond donors (Lipinski definition) is 1. The Labute approximate surface area is 116 Å². The zero-order valence-electron chi connectivity index (χ0n) is 11.2. The summed E-state index contributed by atoms with van der Waals surface area (Å²) in [5.41, 5.74) is 0. The fourth-order valence-electron chi connectivity index (χ4n) is 1.63. The predicted molar refractivity (Wildman–Crippen MR) is 74.8 cm³/mol. The highest BCUT2D eigenvalue weighted by atomic mass is 35.5. The molecule has 0 spiro atoms. The monoisotopic (exact) mass is 298 g/mol. The van der Waals surface area contributed by atoms with Crippen molar-refractivity contribution in [2.24, 2.45) is 5.92 Å². The van der Waals surface area contributed by atoms with E-state index in [0.29, 0.717) is 6.54 Å². The maximum absolute atomic E-state index is 11.7. The van der Waals surface area contributed by atoms with E-state index < -0.39 is 9.84 Å². The largest absolute Gasteiger partial charge is 0.341 e. The Morgan fingerprint density at radius 1 is 1.44 bits per heavy atom. The number of likely N-dealkylation sites (N-methyl/N-ethyl adjacent to an activating group) is 1. The smallest absolute Gasteiger partial charge is 0.236 e. The van der Waals surface area contributed by atoms with Gasteiger partial charge in [0.1, 0.15) is 9.84 Å². The van der Waals surface area contributed by atoms with Crippen LogP contribution in [-0.2, 0) is 14.6 Å². The zero-order valence-corrected chi connectivity index (χ0v) is 12.8. The lowest BCUT2D eigenvalue weighted by atomic mass is 10.3. The van der Waals surface area contributed by atoms with Crippen molar-refractivity contribution in [3.05, 3.63) is 0 Å². The van der Waals surface area contributed by atoms with Gasteiger partial charge in [-0.25, -0.2) is 8.42 Å². The lowest BCUT2D eigenvalue weighted by Crippen LogP contribution is -2.43. The summed E-state index contributed by atoms with van der Waals surface area (Å²) in [6.45, 7) is 2.93. The van der Waals surface area contributed by atoms with Gasteiger partial charge in [-0.05, 0) is 32.2 Å². The molecule has 0 heterocycles. The van der Waals surface area contributed by atoms with Crippen LogP contribution in [0.15, 0.2) is 0 Å². The summed E-state index contributed by atoms with van der Waals surface area (Å²) in [4.78, 5) is 13.2. The fraction of sp³-hybridized carbons (Fsp3) is 0.909. The van der Waals surface area contributed by atoms with Crippen LogP contribution in [-0.4, -0.2) is 57.4 Å². The Kier molecular flexibility index (Phi) is 7.17. The molecule has 1 unspecified atom stereocenters. The molecule has 1 N–H and O–H groups in total. The third-order valence-electron chi connectivity index (χ3n) is 3.00. The van der Waals surface area contributed by atoms with Gasteiger partial charge in [0.05, 0.1) is 12.3 Å². The molecule has 0 aromatic carbocycles. The number of carbonyl (C=O) groups is 1. The summed E-state index contributed by atoms with van der Waals surface area (Å²) in [7, 11) is -1.39. The standard InChI is InChI=1S/C11H22N2O3S.ClH/c1-9(8-17(3,15)16)13(2)11(14)7-12-6-10-4-5-10;/h9-10,12H,4-8H2,1-3H3;1H. The van der Waals surface area contributed by atoms with Crippen molar-refractivity contribution >= 4 is 28.2 Å². The second-order valence-electron chi connectivity index (χ2n) is 5.02. The third kappa shape index (κ3) is 7.18. The van der Waals surface area contributed by atoms with Crippen LogP contribution in [0.1, 0.15) is 19.8 Å². The highest BCUT2D eigenvalue weighted by molar-refractivity contribution is 7.90. The molecule has 18 heavy (non-hydrogen) atoms. The fourth-order valence-corrected chi connectivity index (χ4v) is 2.73. The Balaban J connectivity index is 0.00000289. The van der Waals surface area contributed by atoms with E-state index in [0.717, 1.165) is 12.5 Å². The Morgan fingerprint density at radius 2 is 2.00 bits per heavy atom. The first kappa shape index (κ1) is 17.7. The van der Waals surface area contributed by atoms with Crippen molar-refractivity contribution in [3.63, 3.8) is 0 Å². The minimum absolute atomic E-state index is 0. The quantitative estimate of drug-likeness (QED) is 0.734. The molecule has 1 saturated carbocycles. The van der Waals surface area contributed by atoms with Gasteiger partial charge in [-0.3, -0.25) is 4.79 Å². The normalized spacial score (nSPS) is 16.8. The molecule has 1 atom stereocenters. The average molecular weight is 299 g/mol. The maximum Gasteiger partial charge on any atom is 0.236 e. The van der Waals surface area contributed by atoms with Crippen LogP contribution < -0.4 is 5.32 Å². The van der Waals surface area contributed by atoms with Crippen molar-refractivity contribution in [3.8, 4) is 0 Å². The summed E-state index contributed by atoms with van der Waals surface area (Å²) >= 11 is 0. The number of halogens is 1. The molecule has 7 heteroatoms. The maximum atomic E-state index is 11.7. The first-order valence-electron chi connectivity index (χ1n) is 5.93. The van der Waals surface area contributed by atoms with Gasteiger partial charge < -0.3 is 10.2 Å². The second-order valence-corrected chi connectivity index (χ2v) is 7.21. The van der Waals surface area contributed by atoms with E-state index in [2.05, 4.69) is 5.32 Å². The summed E-state index contributed by atoms with van der Waals surface area (Å²) < 4.78 is 22.3. The molecule has 1 rings (SSSR count). The molecule has 0 aromatic heterocycles. The van der Waals surface area contributed by atoms with Crippen LogP contribution in [0, 0.1) is 5.92 Å². The van der Waals surface area contributed by atoms with Gasteiger partial charge >= 0.3 is 0 Å². The van der Waals surface area contributed by atoms with E-state index in [4.69, 9.17) is 0 Å². The molecule has 0 aromatic rings. The zero-order chi connectivity index (χ0) is 13.1. The topological polar surface area (TPSA) is 66.5 Å². The van der Waals surface area contributed by atoms with Gasteiger partial charge in [-0.15, -0.1) is 12.4 Å². The van der Waals surface area contributed by atoms with Crippen LogP contribution in [0.2, 0.25) is 0 Å². The highest BCUT2D eigenvalue weighted by Gasteiger charge is 2.22. The lowest BCUT2D eigenvalue weighted by molar-refractivity contribution is -0.130. The highest BCUT2D eigenvalue weighted by Crippen LogP contribution is 2.27. The van der Waals surface area contributed by atoms with E-state index in [1.807, 2.05) is 0 Å². The van der Waals surface area contributed by atoms with Gasteiger partial charge in [0.15, 0.2) is 0 Å². The first-order chi connectivity index (χ1) is 7.79. The molecular weight excluding hydrogens is 276 g/mol. The number of hydrogen-bond acceptors (Lipinski definition) is 4. The number of nitrogens with zero attached hydrogens (tertiary/aromatic N) is 1. The molecule has 0 aliphatic heterocycles. The van der Waals surface area contributed by atoms with Crippen molar-refractivity contribution in [1.82, 2.24) is 10.2 Å². The average Bonchev–Trinajstić information content (AvgIpc) is 2.97. The van der Waals surface area contributed by atoms with Crippen molar-refractivity contribution < 1.29 is 13.2 Å². The number of sulfone groups is 1. The second kappa shape index (κ2) is 7.31. The molecule has 0 radical (unpaired) electrons. The minimum atomic E-state index is -3.04. The third-order valence-corrected chi connectivity index (χ3v) is 4.09. The summed E-state index contributed by atoms with van der Waals surface area (Å²) in [6, 6.07) is -0.278. The lowest BCUT2D eigenvalue weighted by Gasteiger charge is -2.24. The van der Waals surface area contributed by atoms with Crippen molar-refractivity contribution in [2.75, 3.05) is 32.1 Å². The number of nitrogens with one attached hydrogen (secondary N) is 1. The Bertz CT molecular complexity index is 368. The van der Waals surface area contributed by atoms with E-state index >= 15 is 0 Å². The van der Waals surface area contributed by atoms with E-state index in [-0.39, 0.29) is 30.1 Å². The SMILES string of the molecule is CC(CS(C)(=O)=O)N(C)C(=O)CNCC1CC1.Cl.